The number of halogens is 3. The van der Waals surface area contributed by atoms with Crippen molar-refractivity contribution in [1.29, 1.82) is 0 Å². The molecule has 0 spiro atoms. The number of anilines is 2. The van der Waals surface area contributed by atoms with Gasteiger partial charge in [0.1, 0.15) is 16.5 Å². The maximum atomic E-state index is 14.1. The van der Waals surface area contributed by atoms with Gasteiger partial charge in [-0.15, -0.1) is 0 Å². The smallest absolute Gasteiger partial charge is 0.239 e. The molecule has 12 heteroatoms. The van der Waals surface area contributed by atoms with Gasteiger partial charge in [0, 0.05) is 18.0 Å². The number of aromatic nitrogens is 2. The number of hydrogen-bond donors (Lipinski definition) is 4. The summed E-state index contributed by atoms with van der Waals surface area (Å²) in [6.45, 7) is 1.56. The van der Waals surface area contributed by atoms with E-state index in [4.69, 9.17) is 17.3 Å². The Hall–Kier alpha value is -2.47. The molecule has 1 aromatic carbocycles. The number of benzene rings is 1. The van der Waals surface area contributed by atoms with Crippen LogP contribution in [0.4, 0.5) is 19.6 Å². The van der Waals surface area contributed by atoms with Crippen molar-refractivity contribution in [3.05, 3.63) is 52.9 Å². The van der Waals surface area contributed by atoms with E-state index in [0.29, 0.717) is 21.3 Å². The lowest BCUT2D eigenvalue weighted by Crippen LogP contribution is -2.24. The zero-order chi connectivity index (χ0) is 22.1. The number of thiazole rings is 1. The molecule has 0 saturated heterocycles. The number of carbonyl (C=O) groups excluding carboxylic acids is 1. The van der Waals surface area contributed by atoms with E-state index in [1.165, 1.54) is 29.9 Å². The van der Waals surface area contributed by atoms with Crippen LogP contribution >= 0.6 is 22.9 Å². The van der Waals surface area contributed by atoms with E-state index in [1.807, 2.05) is 0 Å². The van der Waals surface area contributed by atoms with Crippen LogP contribution in [-0.4, -0.2) is 32.9 Å². The number of carbonyl (C=O) groups is 1. The summed E-state index contributed by atoms with van der Waals surface area (Å²) in [7, 11) is -3.72. The van der Waals surface area contributed by atoms with Gasteiger partial charge in [0.25, 0.3) is 0 Å². The quantitative estimate of drug-likeness (QED) is 0.324. The maximum Gasteiger partial charge on any atom is 0.239 e. The van der Waals surface area contributed by atoms with E-state index in [2.05, 4.69) is 20.0 Å². The van der Waals surface area contributed by atoms with Gasteiger partial charge in [0.15, 0.2) is 10.3 Å². The Balaban J connectivity index is 1.97. The van der Waals surface area contributed by atoms with Crippen molar-refractivity contribution in [2.45, 2.75) is 11.8 Å². The zero-order valence-electron chi connectivity index (χ0n) is 15.9. The summed E-state index contributed by atoms with van der Waals surface area (Å²) in [4.78, 5) is 20.0. The minimum Gasteiger partial charge on any atom is -0.322 e. The highest BCUT2D eigenvalue weighted by Gasteiger charge is 2.23. The highest BCUT2D eigenvalue weighted by atomic mass is 35.5. The van der Waals surface area contributed by atoms with E-state index < -0.39 is 26.6 Å². The summed E-state index contributed by atoms with van der Waals surface area (Å²) in [6.07, 6.45) is 2.68. The van der Waals surface area contributed by atoms with Crippen LogP contribution < -0.4 is 15.8 Å². The fourth-order valence-electron chi connectivity index (χ4n) is 2.72. The topological polar surface area (TPSA) is 110 Å². The van der Waals surface area contributed by atoms with Crippen LogP contribution in [-0.2, 0) is 14.9 Å². The van der Waals surface area contributed by atoms with Crippen LogP contribution in [0.15, 0.2) is 35.4 Å². The van der Waals surface area contributed by atoms with E-state index in [1.54, 1.807) is 13.0 Å². The van der Waals surface area contributed by atoms with E-state index >= 15 is 0 Å². The average molecular weight is 474 g/mol. The number of aryl methyl sites for hydroxylation is 1. The summed E-state index contributed by atoms with van der Waals surface area (Å²) in [5, 5.41) is 2.92. The van der Waals surface area contributed by atoms with Crippen LogP contribution in [0.5, 0.6) is 0 Å². The van der Waals surface area contributed by atoms with Gasteiger partial charge < -0.3 is 15.8 Å². The molecule has 7 nitrogen and oxygen atoms in total. The number of nitrogens with one attached hydrogen (secondary N) is 2. The molecule has 3 rings (SSSR count). The van der Waals surface area contributed by atoms with Crippen LogP contribution in [0.3, 0.4) is 0 Å². The molecule has 0 aliphatic rings. The third-order valence-electron chi connectivity index (χ3n) is 4.03. The molecule has 0 aliphatic heterocycles. The first kappa shape index (κ1) is 22.2. The number of nitrogens with zero attached hydrogens (tertiary/aromatic N) is 2. The van der Waals surface area contributed by atoms with E-state index in [0.717, 1.165) is 12.1 Å². The molecule has 0 saturated carbocycles. The van der Waals surface area contributed by atoms with Crippen LogP contribution in [0.2, 0.25) is 5.15 Å². The lowest BCUT2D eigenvalue weighted by molar-refractivity contribution is -0.114. The molecule has 2 heterocycles. The van der Waals surface area contributed by atoms with E-state index in [-0.39, 0.29) is 23.3 Å². The average Bonchev–Trinajstić information content (AvgIpc) is 3.03. The first-order chi connectivity index (χ1) is 14.1. The third-order valence-corrected chi connectivity index (χ3v) is 7.40. The van der Waals surface area contributed by atoms with Crippen molar-refractivity contribution in [1.82, 2.24) is 9.97 Å². The van der Waals surface area contributed by atoms with Gasteiger partial charge in [-0.05, 0) is 35.2 Å². The summed E-state index contributed by atoms with van der Waals surface area (Å²) >= 11 is 7.32. The van der Waals surface area contributed by atoms with Gasteiger partial charge in [-0.1, -0.05) is 29.0 Å². The monoisotopic (exact) mass is 473 g/mol. The Bertz CT molecular complexity index is 1150. The molecular weight excluding hydrogens is 456 g/mol. The lowest BCUT2D eigenvalue weighted by atomic mass is 10.2. The largest absolute Gasteiger partial charge is 0.322 e. The number of rotatable bonds is 6. The Morgan fingerprint density at radius 2 is 2.00 bits per heavy atom. The van der Waals surface area contributed by atoms with E-state index in [9.17, 15) is 17.8 Å². The van der Waals surface area contributed by atoms with Gasteiger partial charge in [-0.25, -0.2) is 18.7 Å². The Labute approximate surface area is 181 Å². The van der Waals surface area contributed by atoms with Crippen LogP contribution in [0.25, 0.3) is 10.4 Å². The number of nitrogens with two attached hydrogens (primary N) is 1. The number of thiol groups is 1. The first-order valence-electron chi connectivity index (χ1n) is 8.56. The van der Waals surface area contributed by atoms with Gasteiger partial charge in [0.05, 0.1) is 22.8 Å². The predicted molar refractivity (Wildman–Crippen MR) is 116 cm³/mol. The fraction of sp³-hybridized carbons (Fsp3) is 0.167. The zero-order valence-corrected chi connectivity index (χ0v) is 18.3. The molecule has 160 valence electrons. The molecular formula is C18H18ClF2N5O2S2. The fourth-order valence-corrected chi connectivity index (χ4v) is 5.61. The van der Waals surface area contributed by atoms with Crippen molar-refractivity contribution in [2.24, 2.45) is 5.73 Å². The molecule has 2 aromatic heterocycles. The molecule has 0 bridgehead atoms. The number of amides is 1. The number of hydrogen-bond acceptors (Lipinski definition) is 6. The Morgan fingerprint density at radius 1 is 1.33 bits per heavy atom. The van der Waals surface area contributed by atoms with Crippen molar-refractivity contribution in [2.75, 3.05) is 22.8 Å². The summed E-state index contributed by atoms with van der Waals surface area (Å²) < 4.78 is 44.0. The van der Waals surface area contributed by atoms with Gasteiger partial charge in [-0.2, -0.15) is 0 Å². The highest BCUT2D eigenvalue weighted by molar-refractivity contribution is 8.03. The Kier molecular flexibility index (Phi) is 6.46. The SMILES string of the molecule is Cc1nc(NC(=O)CN)sc1-c1cnc(Cl)c(N[SH](C)(=O)c2c(F)cccc2F)c1. The van der Waals surface area contributed by atoms with Gasteiger partial charge >= 0.3 is 0 Å². The number of pyridine rings is 1. The minimum absolute atomic E-state index is 0.0172. The van der Waals surface area contributed by atoms with Crippen molar-refractivity contribution in [3.63, 3.8) is 0 Å². The Morgan fingerprint density at radius 3 is 2.63 bits per heavy atom. The third kappa shape index (κ3) is 4.64. The standard InChI is InChI=1S/C18H18ClF2N5O2S2/c1-9-15(29-18(24-9)25-14(27)7-22)10-6-13(17(19)23-8-10)26-30(2,28)16-11(20)4-3-5-12(16)21/h3-6,8,30H,7,22H2,1-2H3,(H,26,28)(H,24,25,27). The molecule has 0 radical (unpaired) electrons. The molecule has 3 aromatic rings. The van der Waals surface area contributed by atoms with Crippen molar-refractivity contribution >= 4 is 49.8 Å². The second kappa shape index (κ2) is 8.72. The second-order valence-corrected chi connectivity index (χ2v) is 10.2. The predicted octanol–water partition coefficient (Wildman–Crippen LogP) is 3.37. The lowest BCUT2D eigenvalue weighted by Gasteiger charge is -2.23. The second-order valence-electron chi connectivity index (χ2n) is 6.35. The summed E-state index contributed by atoms with van der Waals surface area (Å²) in [6, 6.07) is 4.81. The van der Waals surface area contributed by atoms with Gasteiger partial charge in [-0.3, -0.25) is 9.00 Å². The van der Waals surface area contributed by atoms with Crippen molar-refractivity contribution < 1.29 is 17.8 Å². The van der Waals surface area contributed by atoms with Gasteiger partial charge in [0.2, 0.25) is 5.91 Å². The molecule has 4 N–H and O–H groups in total. The molecule has 0 aliphatic carbocycles. The van der Waals surface area contributed by atoms with Crippen LogP contribution in [0, 0.1) is 18.6 Å². The highest BCUT2D eigenvalue weighted by Crippen LogP contribution is 2.36. The molecule has 1 amide bonds. The first-order valence-corrected chi connectivity index (χ1v) is 11.9. The molecule has 0 atom stereocenters. The molecule has 30 heavy (non-hydrogen) atoms. The summed E-state index contributed by atoms with van der Waals surface area (Å²) in [5.41, 5.74) is 6.62. The molecule has 0 unspecified atom stereocenters. The normalized spacial score (nSPS) is 11.9. The minimum atomic E-state index is -3.72. The van der Waals surface area contributed by atoms with Crippen molar-refractivity contribution in [3.8, 4) is 10.4 Å². The maximum absolute atomic E-state index is 14.1. The summed E-state index contributed by atoms with van der Waals surface area (Å²) in [5.74, 6) is -2.23. The van der Waals surface area contributed by atoms with Crippen LogP contribution in [0.1, 0.15) is 5.69 Å². The molecule has 0 fully saturated rings.